The summed E-state index contributed by atoms with van der Waals surface area (Å²) in [7, 11) is 0. The van der Waals surface area contributed by atoms with Crippen molar-refractivity contribution in [3.63, 3.8) is 0 Å². The van der Waals surface area contributed by atoms with Gasteiger partial charge < -0.3 is 0 Å². The molecule has 0 radical (unpaired) electrons. The van der Waals surface area contributed by atoms with Gasteiger partial charge in [0, 0.05) is 0 Å². The molecule has 23 heavy (non-hydrogen) atoms. The summed E-state index contributed by atoms with van der Waals surface area (Å²) in [4.78, 5) is 0. The third kappa shape index (κ3) is 2.71. The second-order valence-electron chi connectivity index (χ2n) is 10.2. The maximum atomic E-state index is 2.66. The van der Waals surface area contributed by atoms with E-state index in [9.17, 15) is 0 Å². The summed E-state index contributed by atoms with van der Waals surface area (Å²) in [6, 6.07) is 0. The first-order valence-corrected chi connectivity index (χ1v) is 10.9. The number of fused-ring (bicyclic) bond motifs is 5. The van der Waals surface area contributed by atoms with Gasteiger partial charge in [-0.25, -0.2) is 0 Å². The summed E-state index contributed by atoms with van der Waals surface area (Å²) in [5.74, 6) is 6.51. The molecule has 7 atom stereocenters. The molecule has 4 fully saturated rings. The molecule has 0 aromatic heterocycles. The first-order valence-electron chi connectivity index (χ1n) is 10.9. The van der Waals surface area contributed by atoms with Gasteiger partial charge in [0.1, 0.15) is 0 Å². The van der Waals surface area contributed by atoms with E-state index in [0.717, 1.165) is 35.5 Å². The van der Waals surface area contributed by atoms with Gasteiger partial charge in [0.05, 0.1) is 0 Å². The standard InChI is InChI=1S/C21H36.C2H6/c1-14-5-7-16-15(13-14)6-8-18-17(16)9-12-21(4)19(18)10-11-20(21,2)3;1-2/h14-19H,5-13H2,1-4H3;1-2H3. The summed E-state index contributed by atoms with van der Waals surface area (Å²) in [5.41, 5.74) is 1.25. The van der Waals surface area contributed by atoms with Gasteiger partial charge >= 0.3 is 0 Å². The summed E-state index contributed by atoms with van der Waals surface area (Å²) >= 11 is 0. The van der Waals surface area contributed by atoms with E-state index in [1.165, 1.54) is 19.3 Å². The minimum atomic E-state index is 0.598. The molecule has 4 rings (SSSR count). The average Bonchev–Trinajstić information content (AvgIpc) is 2.79. The van der Waals surface area contributed by atoms with Gasteiger partial charge in [0.2, 0.25) is 0 Å². The molecular weight excluding hydrogens is 276 g/mol. The zero-order valence-electron chi connectivity index (χ0n) is 16.8. The second-order valence-corrected chi connectivity index (χ2v) is 10.2. The second kappa shape index (κ2) is 6.38. The van der Waals surface area contributed by atoms with Crippen molar-refractivity contribution in [2.45, 2.75) is 99.3 Å². The Morgan fingerprint density at radius 3 is 2.13 bits per heavy atom. The van der Waals surface area contributed by atoms with E-state index in [2.05, 4.69) is 27.7 Å². The zero-order chi connectivity index (χ0) is 16.8. The molecule has 134 valence electrons. The van der Waals surface area contributed by atoms with Crippen molar-refractivity contribution in [1.29, 1.82) is 0 Å². The van der Waals surface area contributed by atoms with Crippen LogP contribution in [0.15, 0.2) is 0 Å². The Bertz CT molecular complexity index is 408. The highest BCUT2D eigenvalue weighted by Gasteiger charge is 2.59. The monoisotopic (exact) mass is 318 g/mol. The lowest BCUT2D eigenvalue weighted by molar-refractivity contribution is -0.0824. The maximum absolute atomic E-state index is 2.66. The molecule has 7 unspecified atom stereocenters. The first-order chi connectivity index (χ1) is 10.9. The number of hydrogen-bond donors (Lipinski definition) is 0. The smallest absolute Gasteiger partial charge is 0.0243 e. The predicted octanol–water partition coefficient (Wildman–Crippen LogP) is 7.33. The van der Waals surface area contributed by atoms with Gasteiger partial charge in [-0.15, -0.1) is 0 Å². The Morgan fingerprint density at radius 1 is 0.696 bits per heavy atom. The molecule has 0 saturated heterocycles. The van der Waals surface area contributed by atoms with Crippen molar-refractivity contribution in [3.8, 4) is 0 Å². The fourth-order valence-electron chi connectivity index (χ4n) is 7.58. The molecule has 0 aromatic rings. The van der Waals surface area contributed by atoms with Crippen molar-refractivity contribution in [3.05, 3.63) is 0 Å². The molecule has 0 bridgehead atoms. The van der Waals surface area contributed by atoms with E-state index in [1.54, 1.807) is 38.5 Å². The highest BCUT2D eigenvalue weighted by Crippen LogP contribution is 2.67. The molecule has 0 aliphatic heterocycles. The first kappa shape index (κ1) is 17.8. The molecule has 0 amide bonds. The normalized spacial score (nSPS) is 50.9. The van der Waals surface area contributed by atoms with Crippen LogP contribution in [0.5, 0.6) is 0 Å². The third-order valence-corrected chi connectivity index (χ3v) is 9.23. The van der Waals surface area contributed by atoms with Crippen LogP contribution in [0, 0.1) is 46.3 Å². The molecule has 0 heterocycles. The molecule has 0 spiro atoms. The Morgan fingerprint density at radius 2 is 1.39 bits per heavy atom. The topological polar surface area (TPSA) is 0 Å². The minimum Gasteiger partial charge on any atom is -0.0683 e. The lowest BCUT2D eigenvalue weighted by Crippen LogP contribution is -2.49. The number of hydrogen-bond acceptors (Lipinski definition) is 0. The van der Waals surface area contributed by atoms with Crippen LogP contribution in [-0.2, 0) is 0 Å². The summed E-state index contributed by atoms with van der Waals surface area (Å²) < 4.78 is 0. The van der Waals surface area contributed by atoms with Crippen molar-refractivity contribution in [2.24, 2.45) is 46.3 Å². The van der Waals surface area contributed by atoms with E-state index in [0.29, 0.717) is 10.8 Å². The molecule has 4 aliphatic rings. The molecule has 0 aromatic carbocycles. The maximum Gasteiger partial charge on any atom is -0.0243 e. The van der Waals surface area contributed by atoms with Crippen LogP contribution in [0.1, 0.15) is 99.3 Å². The molecule has 4 aliphatic carbocycles. The van der Waals surface area contributed by atoms with Crippen LogP contribution in [0.3, 0.4) is 0 Å². The molecule has 0 heteroatoms. The van der Waals surface area contributed by atoms with Gasteiger partial charge in [-0.3, -0.25) is 0 Å². The third-order valence-electron chi connectivity index (χ3n) is 9.23. The predicted molar refractivity (Wildman–Crippen MR) is 101 cm³/mol. The Labute approximate surface area is 146 Å². The van der Waals surface area contributed by atoms with Crippen molar-refractivity contribution in [2.75, 3.05) is 0 Å². The van der Waals surface area contributed by atoms with Crippen LogP contribution < -0.4 is 0 Å². The fraction of sp³-hybridized carbons (Fsp3) is 1.00. The Balaban J connectivity index is 0.000000753. The Hall–Kier alpha value is 0. The molecular formula is C23H42. The van der Waals surface area contributed by atoms with Gasteiger partial charge in [-0.05, 0) is 97.7 Å². The van der Waals surface area contributed by atoms with E-state index in [1.807, 2.05) is 13.8 Å². The number of rotatable bonds is 0. The highest BCUT2D eigenvalue weighted by atomic mass is 14.6. The Kier molecular flexibility index (Phi) is 4.94. The SMILES string of the molecule is CC.CC1CCC2C(CCC3C2CCC2(C)C3CCC2(C)C)C1. The van der Waals surface area contributed by atoms with Crippen LogP contribution in [0.25, 0.3) is 0 Å². The lowest BCUT2D eigenvalue weighted by atomic mass is 9.48. The summed E-state index contributed by atoms with van der Waals surface area (Å²) in [6.07, 6.45) is 13.9. The summed E-state index contributed by atoms with van der Waals surface area (Å²) in [5, 5.41) is 0. The van der Waals surface area contributed by atoms with E-state index in [-0.39, 0.29) is 0 Å². The van der Waals surface area contributed by atoms with Crippen LogP contribution in [-0.4, -0.2) is 0 Å². The highest BCUT2D eigenvalue weighted by molar-refractivity contribution is 5.08. The van der Waals surface area contributed by atoms with E-state index >= 15 is 0 Å². The summed E-state index contributed by atoms with van der Waals surface area (Å²) in [6.45, 7) is 14.3. The largest absolute Gasteiger partial charge is 0.0683 e. The van der Waals surface area contributed by atoms with Crippen LogP contribution >= 0.6 is 0 Å². The average molecular weight is 319 g/mol. The zero-order valence-corrected chi connectivity index (χ0v) is 16.8. The van der Waals surface area contributed by atoms with Gasteiger partial charge in [-0.2, -0.15) is 0 Å². The van der Waals surface area contributed by atoms with Crippen molar-refractivity contribution >= 4 is 0 Å². The van der Waals surface area contributed by atoms with Crippen molar-refractivity contribution in [1.82, 2.24) is 0 Å². The van der Waals surface area contributed by atoms with Gasteiger partial charge in [-0.1, -0.05) is 48.0 Å². The van der Waals surface area contributed by atoms with Gasteiger partial charge in [0.25, 0.3) is 0 Å². The molecule has 0 N–H and O–H groups in total. The quantitative estimate of drug-likeness (QED) is 0.438. The molecule has 4 saturated carbocycles. The lowest BCUT2D eigenvalue weighted by Gasteiger charge is -2.57. The van der Waals surface area contributed by atoms with E-state index < -0.39 is 0 Å². The van der Waals surface area contributed by atoms with E-state index in [4.69, 9.17) is 0 Å². The fourth-order valence-corrected chi connectivity index (χ4v) is 7.58. The van der Waals surface area contributed by atoms with Crippen LogP contribution in [0.2, 0.25) is 0 Å². The van der Waals surface area contributed by atoms with Crippen LogP contribution in [0.4, 0.5) is 0 Å². The van der Waals surface area contributed by atoms with Crippen molar-refractivity contribution < 1.29 is 0 Å². The van der Waals surface area contributed by atoms with Gasteiger partial charge in [0.15, 0.2) is 0 Å². The molecule has 0 nitrogen and oxygen atoms in total. The minimum absolute atomic E-state index is 0.598.